The number of nitrogens with one attached hydrogen (secondary N) is 1. The summed E-state index contributed by atoms with van der Waals surface area (Å²) in [6.45, 7) is 7.45. The molecule has 0 aromatic rings. The first-order valence-electron chi connectivity index (χ1n) is 8.10. The Morgan fingerprint density at radius 1 is 1.17 bits per heavy atom. The van der Waals surface area contributed by atoms with Gasteiger partial charge < -0.3 is 5.32 Å². The smallest absolute Gasteiger partial charge is 0.0158 e. The molecule has 0 aromatic heterocycles. The molecular weight excluding hydrogens is 218 g/mol. The van der Waals surface area contributed by atoms with Crippen molar-refractivity contribution >= 4 is 0 Å². The van der Waals surface area contributed by atoms with Gasteiger partial charge in [0.15, 0.2) is 0 Å². The van der Waals surface area contributed by atoms with E-state index in [4.69, 9.17) is 0 Å². The minimum atomic E-state index is 0.637. The third kappa shape index (κ3) is 2.15. The lowest BCUT2D eigenvalue weighted by atomic mass is 9.47. The van der Waals surface area contributed by atoms with E-state index in [1.807, 2.05) is 0 Å². The highest BCUT2D eigenvalue weighted by atomic mass is 14.9. The second kappa shape index (κ2) is 5.00. The van der Waals surface area contributed by atoms with Crippen LogP contribution in [0.5, 0.6) is 0 Å². The molecule has 1 nitrogen and oxygen atoms in total. The molecule has 0 saturated heterocycles. The summed E-state index contributed by atoms with van der Waals surface area (Å²) in [6, 6.07) is 0.711. The summed E-state index contributed by atoms with van der Waals surface area (Å²) in [5.74, 6) is 3.19. The molecule has 4 aliphatic rings. The van der Waals surface area contributed by atoms with Crippen LogP contribution in [-0.4, -0.2) is 12.6 Å². The molecule has 0 spiro atoms. The average Bonchev–Trinajstić information content (AvgIpc) is 2.32. The molecule has 0 radical (unpaired) electrons. The van der Waals surface area contributed by atoms with Crippen LogP contribution in [0.4, 0.5) is 0 Å². The van der Waals surface area contributed by atoms with E-state index in [0.29, 0.717) is 11.5 Å². The summed E-state index contributed by atoms with van der Waals surface area (Å²) in [5, 5.41) is 3.86. The first kappa shape index (κ1) is 12.7. The van der Waals surface area contributed by atoms with Crippen molar-refractivity contribution in [3.8, 4) is 0 Å². The largest absolute Gasteiger partial charge is 0.313 e. The number of hydrogen-bond acceptors (Lipinski definition) is 1. The monoisotopic (exact) mass is 247 g/mol. The van der Waals surface area contributed by atoms with Crippen LogP contribution in [0, 0.1) is 23.2 Å². The third-order valence-corrected chi connectivity index (χ3v) is 5.87. The third-order valence-electron chi connectivity index (χ3n) is 5.87. The maximum Gasteiger partial charge on any atom is 0.0158 e. The second-order valence-electron chi connectivity index (χ2n) is 7.31. The van der Waals surface area contributed by atoms with Gasteiger partial charge in [-0.2, -0.15) is 0 Å². The topological polar surface area (TPSA) is 12.0 Å². The lowest BCUT2D eigenvalue weighted by molar-refractivity contribution is -0.0731. The van der Waals surface area contributed by atoms with Gasteiger partial charge in [0.1, 0.15) is 0 Å². The minimum absolute atomic E-state index is 0.637. The summed E-state index contributed by atoms with van der Waals surface area (Å²) in [5.41, 5.74) is 0.637. The van der Waals surface area contributed by atoms with E-state index >= 15 is 0 Å². The van der Waals surface area contributed by atoms with Crippen molar-refractivity contribution in [1.82, 2.24) is 5.32 Å². The average molecular weight is 247 g/mol. The van der Waals surface area contributed by atoms with Gasteiger partial charge in [-0.15, -0.1) is 6.58 Å². The van der Waals surface area contributed by atoms with Gasteiger partial charge in [-0.1, -0.05) is 13.0 Å². The first-order chi connectivity index (χ1) is 8.75. The second-order valence-corrected chi connectivity index (χ2v) is 7.31. The Balaban J connectivity index is 1.76. The van der Waals surface area contributed by atoms with Crippen molar-refractivity contribution in [3.05, 3.63) is 12.7 Å². The fraction of sp³-hybridized carbons (Fsp3) is 0.882. The van der Waals surface area contributed by atoms with Gasteiger partial charge in [-0.3, -0.25) is 0 Å². The van der Waals surface area contributed by atoms with Crippen molar-refractivity contribution in [2.75, 3.05) is 6.54 Å². The molecule has 0 amide bonds. The summed E-state index contributed by atoms with van der Waals surface area (Å²) in [7, 11) is 0. The van der Waals surface area contributed by atoms with Gasteiger partial charge in [0.25, 0.3) is 0 Å². The highest BCUT2D eigenvalue weighted by molar-refractivity contribution is 5.07. The quantitative estimate of drug-likeness (QED) is 0.695. The highest BCUT2D eigenvalue weighted by Crippen LogP contribution is 2.61. The first-order valence-corrected chi connectivity index (χ1v) is 8.10. The zero-order valence-electron chi connectivity index (χ0n) is 12.0. The number of rotatable bonds is 6. The van der Waals surface area contributed by atoms with Gasteiger partial charge in [0, 0.05) is 6.04 Å². The van der Waals surface area contributed by atoms with Gasteiger partial charge in [-0.05, 0) is 81.1 Å². The lowest BCUT2D eigenvalue weighted by Crippen LogP contribution is -2.55. The standard InChI is InChI=1S/C17H29N/c1-3-5-16(18-6-4-2)17-10-13-7-14(11-17)9-15(8-13)12-17/h3,13-16,18H,1,4-12H2,2H3. The summed E-state index contributed by atoms with van der Waals surface area (Å²) < 4.78 is 0. The maximum absolute atomic E-state index is 4.00. The van der Waals surface area contributed by atoms with E-state index in [-0.39, 0.29) is 0 Å². The summed E-state index contributed by atoms with van der Waals surface area (Å²) in [4.78, 5) is 0. The Morgan fingerprint density at radius 2 is 1.72 bits per heavy atom. The summed E-state index contributed by atoms with van der Waals surface area (Å²) >= 11 is 0. The van der Waals surface area contributed by atoms with Crippen molar-refractivity contribution < 1.29 is 0 Å². The zero-order chi connectivity index (χ0) is 12.6. The molecule has 1 N–H and O–H groups in total. The van der Waals surface area contributed by atoms with E-state index < -0.39 is 0 Å². The van der Waals surface area contributed by atoms with Crippen molar-refractivity contribution in [3.63, 3.8) is 0 Å². The molecule has 4 bridgehead atoms. The molecule has 1 heteroatoms. The van der Waals surface area contributed by atoms with Crippen LogP contribution in [0.3, 0.4) is 0 Å². The Morgan fingerprint density at radius 3 is 2.17 bits per heavy atom. The molecule has 4 saturated carbocycles. The van der Waals surface area contributed by atoms with Crippen LogP contribution in [0.25, 0.3) is 0 Å². The predicted octanol–water partition coefficient (Wildman–Crippen LogP) is 4.15. The van der Waals surface area contributed by atoms with Gasteiger partial charge in [0.05, 0.1) is 0 Å². The van der Waals surface area contributed by atoms with Crippen LogP contribution in [0.15, 0.2) is 12.7 Å². The van der Waals surface area contributed by atoms with Crippen molar-refractivity contribution in [2.24, 2.45) is 23.2 Å². The Labute approximate surface area is 112 Å². The van der Waals surface area contributed by atoms with Gasteiger partial charge in [0.2, 0.25) is 0 Å². The number of hydrogen-bond donors (Lipinski definition) is 1. The highest BCUT2D eigenvalue weighted by Gasteiger charge is 2.53. The molecule has 4 aliphatic carbocycles. The molecule has 4 fully saturated rings. The Hall–Kier alpha value is -0.300. The zero-order valence-corrected chi connectivity index (χ0v) is 12.0. The molecule has 0 heterocycles. The van der Waals surface area contributed by atoms with Crippen molar-refractivity contribution in [2.45, 2.75) is 64.3 Å². The van der Waals surface area contributed by atoms with Crippen LogP contribution < -0.4 is 5.32 Å². The van der Waals surface area contributed by atoms with Gasteiger partial charge in [-0.25, -0.2) is 0 Å². The molecule has 0 aliphatic heterocycles. The van der Waals surface area contributed by atoms with Crippen molar-refractivity contribution in [1.29, 1.82) is 0 Å². The van der Waals surface area contributed by atoms with Crippen LogP contribution in [0.1, 0.15) is 58.3 Å². The molecule has 1 unspecified atom stereocenters. The molecule has 1 atom stereocenters. The predicted molar refractivity (Wildman–Crippen MR) is 77.5 cm³/mol. The normalized spacial score (nSPS) is 43.1. The minimum Gasteiger partial charge on any atom is -0.313 e. The molecule has 4 rings (SSSR count). The lowest BCUT2D eigenvalue weighted by Gasteiger charge is -2.59. The fourth-order valence-corrected chi connectivity index (χ4v) is 5.64. The molecule has 18 heavy (non-hydrogen) atoms. The van der Waals surface area contributed by atoms with E-state index in [1.54, 1.807) is 19.3 Å². The molecule has 102 valence electrons. The maximum atomic E-state index is 4.00. The Kier molecular flexibility index (Phi) is 3.53. The SMILES string of the molecule is C=CCC(NCCC)C12CC3CC(CC(C3)C1)C2. The van der Waals surface area contributed by atoms with Crippen LogP contribution >= 0.6 is 0 Å². The van der Waals surface area contributed by atoms with Gasteiger partial charge >= 0.3 is 0 Å². The van der Waals surface area contributed by atoms with E-state index in [0.717, 1.165) is 17.8 Å². The van der Waals surface area contributed by atoms with Crippen LogP contribution in [-0.2, 0) is 0 Å². The van der Waals surface area contributed by atoms with Crippen LogP contribution in [0.2, 0.25) is 0 Å². The molecular formula is C17H29N. The molecule has 0 aromatic carbocycles. The Bertz CT molecular complexity index is 271. The van der Waals surface area contributed by atoms with E-state index in [2.05, 4.69) is 24.9 Å². The van der Waals surface area contributed by atoms with E-state index in [9.17, 15) is 0 Å². The fourth-order valence-electron chi connectivity index (χ4n) is 5.64. The summed E-state index contributed by atoms with van der Waals surface area (Å²) in [6.07, 6.45) is 13.7. The van der Waals surface area contributed by atoms with E-state index in [1.165, 1.54) is 38.6 Å².